The molecule has 0 aliphatic carbocycles. The van der Waals surface area contributed by atoms with Gasteiger partial charge in [-0.2, -0.15) is 13.2 Å². The van der Waals surface area contributed by atoms with E-state index in [0.29, 0.717) is 6.07 Å². The van der Waals surface area contributed by atoms with Gasteiger partial charge in [0.1, 0.15) is 0 Å². The maximum absolute atomic E-state index is 12.5. The summed E-state index contributed by atoms with van der Waals surface area (Å²) in [5, 5.41) is 0. The highest BCUT2D eigenvalue weighted by atomic mass is 35.5. The van der Waals surface area contributed by atoms with Crippen molar-refractivity contribution < 1.29 is 21.6 Å². The number of rotatable bonds is 4. The fraction of sp³-hybridized carbons (Fsp3) is 0.455. The SMILES string of the molecule is CC(CCl)CS(=O)(=O)c1cccc(C(F)(F)F)c1. The average molecular weight is 301 g/mol. The van der Waals surface area contributed by atoms with E-state index < -0.39 is 21.6 Å². The van der Waals surface area contributed by atoms with Crippen molar-refractivity contribution >= 4 is 21.4 Å². The smallest absolute Gasteiger partial charge is 0.224 e. The molecule has 18 heavy (non-hydrogen) atoms. The zero-order valence-corrected chi connectivity index (χ0v) is 11.1. The van der Waals surface area contributed by atoms with Crippen molar-refractivity contribution in [3.05, 3.63) is 29.8 Å². The Balaban J connectivity index is 3.11. The van der Waals surface area contributed by atoms with Crippen LogP contribution in [0.5, 0.6) is 0 Å². The fourth-order valence-corrected chi connectivity index (χ4v) is 3.27. The van der Waals surface area contributed by atoms with Crippen LogP contribution in [0.1, 0.15) is 12.5 Å². The number of halogens is 4. The molecule has 0 N–H and O–H groups in total. The van der Waals surface area contributed by atoms with Crippen LogP contribution in [-0.4, -0.2) is 20.1 Å². The molecule has 1 unspecified atom stereocenters. The maximum atomic E-state index is 12.5. The first-order valence-corrected chi connectivity index (χ1v) is 7.31. The summed E-state index contributed by atoms with van der Waals surface area (Å²) < 4.78 is 61.1. The molecule has 1 rings (SSSR count). The van der Waals surface area contributed by atoms with Gasteiger partial charge in [-0.05, 0) is 24.1 Å². The molecule has 0 spiro atoms. The first-order valence-electron chi connectivity index (χ1n) is 5.13. The zero-order valence-electron chi connectivity index (χ0n) is 9.54. The predicted molar refractivity (Wildman–Crippen MR) is 63.4 cm³/mol. The molecule has 0 aromatic heterocycles. The van der Waals surface area contributed by atoms with Crippen molar-refractivity contribution in [1.82, 2.24) is 0 Å². The molecular formula is C11H12ClF3O2S. The monoisotopic (exact) mass is 300 g/mol. The van der Waals surface area contributed by atoms with Crippen molar-refractivity contribution in [2.45, 2.75) is 18.0 Å². The molecule has 1 aromatic rings. The lowest BCUT2D eigenvalue weighted by Crippen LogP contribution is -2.16. The minimum absolute atomic E-state index is 0.137. The Kier molecular flexibility index (Phi) is 4.66. The Hall–Kier alpha value is -0.750. The van der Waals surface area contributed by atoms with Gasteiger partial charge in [-0.25, -0.2) is 8.42 Å². The van der Waals surface area contributed by atoms with Crippen LogP contribution in [-0.2, 0) is 16.0 Å². The van der Waals surface area contributed by atoms with E-state index in [-0.39, 0.29) is 22.4 Å². The number of hydrogen-bond acceptors (Lipinski definition) is 2. The normalized spacial score (nSPS) is 14.5. The highest BCUT2D eigenvalue weighted by Gasteiger charge is 2.31. The molecule has 0 saturated carbocycles. The maximum Gasteiger partial charge on any atom is 0.416 e. The van der Waals surface area contributed by atoms with Gasteiger partial charge in [-0.3, -0.25) is 0 Å². The van der Waals surface area contributed by atoms with Gasteiger partial charge in [0.15, 0.2) is 9.84 Å². The van der Waals surface area contributed by atoms with Crippen LogP contribution in [0, 0.1) is 5.92 Å². The molecular weight excluding hydrogens is 289 g/mol. The zero-order chi connectivity index (χ0) is 14.0. The molecule has 1 atom stereocenters. The molecule has 0 saturated heterocycles. The standard InChI is InChI=1S/C11H12ClF3O2S/c1-8(6-12)7-18(16,17)10-4-2-3-9(5-10)11(13,14)15/h2-5,8H,6-7H2,1H3. The van der Waals surface area contributed by atoms with E-state index in [0.717, 1.165) is 18.2 Å². The minimum Gasteiger partial charge on any atom is -0.224 e. The molecule has 0 bridgehead atoms. The number of alkyl halides is 4. The van der Waals surface area contributed by atoms with Crippen LogP contribution >= 0.6 is 11.6 Å². The van der Waals surface area contributed by atoms with Crippen LogP contribution in [0.25, 0.3) is 0 Å². The molecule has 0 aliphatic heterocycles. The molecule has 0 radical (unpaired) electrons. The molecule has 102 valence electrons. The van der Waals surface area contributed by atoms with Gasteiger partial charge in [0.25, 0.3) is 0 Å². The van der Waals surface area contributed by atoms with E-state index in [1.54, 1.807) is 6.92 Å². The van der Waals surface area contributed by atoms with E-state index >= 15 is 0 Å². The van der Waals surface area contributed by atoms with Gasteiger partial charge in [0.2, 0.25) is 0 Å². The van der Waals surface area contributed by atoms with E-state index in [9.17, 15) is 21.6 Å². The van der Waals surface area contributed by atoms with Crippen LogP contribution in [0.3, 0.4) is 0 Å². The fourth-order valence-electron chi connectivity index (χ4n) is 1.38. The number of benzene rings is 1. The average Bonchev–Trinajstić information content (AvgIpc) is 2.27. The summed E-state index contributed by atoms with van der Waals surface area (Å²) in [7, 11) is -3.74. The third-order valence-electron chi connectivity index (χ3n) is 2.29. The van der Waals surface area contributed by atoms with Crippen LogP contribution < -0.4 is 0 Å². The Bertz CT molecular complexity index is 511. The van der Waals surface area contributed by atoms with Gasteiger partial charge in [-0.1, -0.05) is 13.0 Å². The largest absolute Gasteiger partial charge is 0.416 e. The molecule has 0 amide bonds. The van der Waals surface area contributed by atoms with E-state index in [1.165, 1.54) is 0 Å². The Morgan fingerprint density at radius 2 is 1.94 bits per heavy atom. The van der Waals surface area contributed by atoms with Gasteiger partial charge in [-0.15, -0.1) is 11.6 Å². The second-order valence-electron chi connectivity index (χ2n) is 4.07. The second kappa shape index (κ2) is 5.48. The van der Waals surface area contributed by atoms with Crippen molar-refractivity contribution in [2.24, 2.45) is 5.92 Å². The molecule has 7 heteroatoms. The van der Waals surface area contributed by atoms with E-state index in [4.69, 9.17) is 11.6 Å². The second-order valence-corrected chi connectivity index (χ2v) is 6.41. The van der Waals surface area contributed by atoms with E-state index in [2.05, 4.69) is 0 Å². The summed E-state index contributed by atoms with van der Waals surface area (Å²) in [6.45, 7) is 1.62. The lowest BCUT2D eigenvalue weighted by Gasteiger charge is -2.11. The van der Waals surface area contributed by atoms with Crippen molar-refractivity contribution in [1.29, 1.82) is 0 Å². The van der Waals surface area contributed by atoms with Crippen molar-refractivity contribution in [3.63, 3.8) is 0 Å². The Morgan fingerprint density at radius 1 is 1.33 bits per heavy atom. The molecule has 0 fully saturated rings. The quantitative estimate of drug-likeness (QED) is 0.799. The van der Waals surface area contributed by atoms with Crippen LogP contribution in [0.4, 0.5) is 13.2 Å². The topological polar surface area (TPSA) is 34.1 Å². The van der Waals surface area contributed by atoms with Gasteiger partial charge in [0, 0.05) is 5.88 Å². The van der Waals surface area contributed by atoms with Crippen molar-refractivity contribution in [3.8, 4) is 0 Å². The van der Waals surface area contributed by atoms with Gasteiger partial charge in [0.05, 0.1) is 16.2 Å². The lowest BCUT2D eigenvalue weighted by molar-refractivity contribution is -0.137. The number of hydrogen-bond donors (Lipinski definition) is 0. The third kappa shape index (κ3) is 3.88. The summed E-state index contributed by atoms with van der Waals surface area (Å²) in [6, 6.07) is 3.73. The summed E-state index contributed by atoms with van der Waals surface area (Å²) in [5.74, 6) is -0.443. The van der Waals surface area contributed by atoms with Crippen LogP contribution in [0.15, 0.2) is 29.2 Å². The third-order valence-corrected chi connectivity index (χ3v) is 4.79. The van der Waals surface area contributed by atoms with Gasteiger partial charge >= 0.3 is 6.18 Å². The summed E-state index contributed by atoms with van der Waals surface area (Å²) in [6.07, 6.45) is -4.55. The minimum atomic E-state index is -4.55. The predicted octanol–water partition coefficient (Wildman–Crippen LogP) is 3.35. The lowest BCUT2D eigenvalue weighted by atomic mass is 10.2. The first kappa shape index (κ1) is 15.3. The summed E-state index contributed by atoms with van der Waals surface area (Å²) in [4.78, 5) is -0.325. The molecule has 1 aromatic carbocycles. The molecule has 0 aliphatic rings. The highest BCUT2D eigenvalue weighted by molar-refractivity contribution is 7.91. The van der Waals surface area contributed by atoms with E-state index in [1.807, 2.05) is 0 Å². The highest BCUT2D eigenvalue weighted by Crippen LogP contribution is 2.30. The van der Waals surface area contributed by atoms with Crippen molar-refractivity contribution in [2.75, 3.05) is 11.6 Å². The van der Waals surface area contributed by atoms with Gasteiger partial charge < -0.3 is 0 Å². The number of sulfone groups is 1. The summed E-state index contributed by atoms with van der Waals surface area (Å²) >= 11 is 5.50. The summed E-state index contributed by atoms with van der Waals surface area (Å²) in [5.41, 5.74) is -0.970. The van der Waals surface area contributed by atoms with Crippen LogP contribution in [0.2, 0.25) is 0 Å². The first-order chi connectivity index (χ1) is 8.16. The molecule has 2 nitrogen and oxygen atoms in total. The Morgan fingerprint density at radius 3 is 2.44 bits per heavy atom. The Labute approximate surface area is 109 Å². The molecule has 0 heterocycles.